The molecule has 0 bridgehead atoms. The highest BCUT2D eigenvalue weighted by atomic mass is 35.5. The van der Waals surface area contributed by atoms with Crippen molar-refractivity contribution in [3.8, 4) is 0 Å². The normalized spacial score (nSPS) is 18.9. The number of nitrogens with zero attached hydrogens (tertiary/aromatic N) is 3. The summed E-state index contributed by atoms with van der Waals surface area (Å²) in [7, 11) is 0. The lowest BCUT2D eigenvalue weighted by atomic mass is 9.93. The number of hydrogen-bond donors (Lipinski definition) is 2. The Hall–Kier alpha value is -3.65. The molecule has 0 spiro atoms. The SMILES string of the molecule is CCc1ccc(CNC(=O)c2ncn3c2C(=O)N(C2CC2)[C@@](C)(C(=O)NCc2ccccc2Cl)C3)cc1. The van der Waals surface area contributed by atoms with Crippen molar-refractivity contribution in [3.05, 3.63) is 88.0 Å². The Morgan fingerprint density at radius 3 is 2.43 bits per heavy atom. The summed E-state index contributed by atoms with van der Waals surface area (Å²) < 4.78 is 1.63. The number of carbonyl (C=O) groups is 3. The monoisotopic (exact) mass is 519 g/mol. The van der Waals surface area contributed by atoms with E-state index in [9.17, 15) is 14.4 Å². The molecule has 2 heterocycles. The van der Waals surface area contributed by atoms with E-state index in [0.717, 1.165) is 30.4 Å². The number of amides is 3. The largest absolute Gasteiger partial charge is 0.350 e. The molecule has 0 saturated heterocycles. The number of fused-ring (bicyclic) bond motifs is 1. The first kappa shape index (κ1) is 25.0. The number of rotatable bonds is 8. The molecule has 1 aliphatic heterocycles. The van der Waals surface area contributed by atoms with Crippen LogP contribution in [0.4, 0.5) is 0 Å². The number of halogens is 1. The predicted molar refractivity (Wildman–Crippen MR) is 140 cm³/mol. The van der Waals surface area contributed by atoms with Crippen LogP contribution in [0.3, 0.4) is 0 Å². The van der Waals surface area contributed by atoms with Gasteiger partial charge in [0.25, 0.3) is 11.8 Å². The minimum absolute atomic E-state index is 0.0415. The lowest BCUT2D eigenvalue weighted by Crippen LogP contribution is -2.64. The summed E-state index contributed by atoms with van der Waals surface area (Å²) in [5, 5.41) is 6.41. The molecule has 0 radical (unpaired) electrons. The Morgan fingerprint density at radius 2 is 1.76 bits per heavy atom. The van der Waals surface area contributed by atoms with Crippen LogP contribution in [0, 0.1) is 0 Å². The maximum absolute atomic E-state index is 13.8. The molecule has 8 nitrogen and oxygen atoms in total. The van der Waals surface area contributed by atoms with Crippen LogP contribution < -0.4 is 10.6 Å². The average Bonchev–Trinajstić information content (AvgIpc) is 3.64. The van der Waals surface area contributed by atoms with Gasteiger partial charge < -0.3 is 20.1 Å². The van der Waals surface area contributed by atoms with E-state index in [1.165, 1.54) is 11.9 Å². The molecule has 0 unspecified atom stereocenters. The van der Waals surface area contributed by atoms with Gasteiger partial charge >= 0.3 is 0 Å². The Morgan fingerprint density at radius 1 is 1.05 bits per heavy atom. The minimum Gasteiger partial charge on any atom is -0.350 e. The van der Waals surface area contributed by atoms with Crippen LogP contribution in [0.15, 0.2) is 54.9 Å². The van der Waals surface area contributed by atoms with Crippen LogP contribution in [0.2, 0.25) is 5.02 Å². The highest BCUT2D eigenvalue weighted by Gasteiger charge is 2.53. The van der Waals surface area contributed by atoms with Crippen molar-refractivity contribution in [2.24, 2.45) is 0 Å². The van der Waals surface area contributed by atoms with Crippen molar-refractivity contribution in [3.63, 3.8) is 0 Å². The second-order valence-corrected chi connectivity index (χ2v) is 10.3. The zero-order valence-corrected chi connectivity index (χ0v) is 21.7. The van der Waals surface area contributed by atoms with Crippen LogP contribution in [0.5, 0.6) is 0 Å². The first-order valence-corrected chi connectivity index (χ1v) is 13.0. The first-order chi connectivity index (χ1) is 17.8. The Balaban J connectivity index is 1.34. The van der Waals surface area contributed by atoms with Gasteiger partial charge in [-0.05, 0) is 48.9 Å². The van der Waals surface area contributed by atoms with E-state index in [2.05, 4.69) is 22.5 Å². The van der Waals surface area contributed by atoms with E-state index in [4.69, 9.17) is 11.6 Å². The van der Waals surface area contributed by atoms with E-state index < -0.39 is 11.4 Å². The van der Waals surface area contributed by atoms with Gasteiger partial charge in [0.1, 0.15) is 11.2 Å². The summed E-state index contributed by atoms with van der Waals surface area (Å²) in [6.07, 6.45) is 4.07. The fourth-order valence-electron chi connectivity index (χ4n) is 4.89. The standard InChI is InChI=1S/C28H30ClN5O3/c1-3-18-8-10-19(11-9-18)14-30-25(35)23-24-26(36)34(21-12-13-21)28(2,16-33(24)17-32-23)27(37)31-15-20-6-4-5-7-22(20)29/h4-11,17,21H,3,12-16H2,1-2H3,(H,30,35)(H,31,37)/t28-/m1/s1. The van der Waals surface area contributed by atoms with Crippen LogP contribution in [0.1, 0.15) is 64.4 Å². The third-order valence-corrected chi connectivity index (χ3v) is 7.54. The molecule has 3 amide bonds. The predicted octanol–water partition coefficient (Wildman–Crippen LogP) is 3.72. The lowest BCUT2D eigenvalue weighted by molar-refractivity contribution is -0.133. The zero-order valence-electron chi connectivity index (χ0n) is 21.0. The number of carbonyl (C=O) groups excluding carboxylic acids is 3. The minimum atomic E-state index is -1.12. The Labute approximate surface area is 221 Å². The van der Waals surface area contributed by atoms with Gasteiger partial charge in [-0.15, -0.1) is 0 Å². The molecule has 192 valence electrons. The van der Waals surface area contributed by atoms with Gasteiger partial charge in [-0.1, -0.05) is 61.0 Å². The highest BCUT2D eigenvalue weighted by molar-refractivity contribution is 6.31. The van der Waals surface area contributed by atoms with Crippen LogP contribution in [0.25, 0.3) is 0 Å². The van der Waals surface area contributed by atoms with Crippen LogP contribution in [-0.4, -0.2) is 43.8 Å². The van der Waals surface area contributed by atoms with Crippen molar-refractivity contribution in [1.82, 2.24) is 25.1 Å². The third kappa shape index (κ3) is 4.85. The summed E-state index contributed by atoms with van der Waals surface area (Å²) in [6, 6.07) is 15.3. The Bertz CT molecular complexity index is 1350. The second-order valence-electron chi connectivity index (χ2n) is 9.88. The smallest absolute Gasteiger partial charge is 0.274 e. The van der Waals surface area contributed by atoms with E-state index in [-0.39, 0.29) is 42.3 Å². The van der Waals surface area contributed by atoms with Crippen molar-refractivity contribution in [1.29, 1.82) is 0 Å². The van der Waals surface area contributed by atoms with E-state index in [1.807, 2.05) is 42.5 Å². The molecule has 1 atom stereocenters. The quantitative estimate of drug-likeness (QED) is 0.474. The number of imidazole rings is 1. The average molecular weight is 520 g/mol. The van der Waals surface area contributed by atoms with Gasteiger partial charge in [0.05, 0.1) is 12.9 Å². The summed E-state index contributed by atoms with van der Waals surface area (Å²) in [6.45, 7) is 4.65. The van der Waals surface area contributed by atoms with Crippen LogP contribution >= 0.6 is 11.6 Å². The number of hydrogen-bond acceptors (Lipinski definition) is 4. The fourth-order valence-corrected chi connectivity index (χ4v) is 5.09. The summed E-state index contributed by atoms with van der Waals surface area (Å²) >= 11 is 6.25. The maximum atomic E-state index is 13.8. The lowest BCUT2D eigenvalue weighted by Gasteiger charge is -2.44. The third-order valence-electron chi connectivity index (χ3n) is 7.17. The molecule has 1 saturated carbocycles. The molecule has 1 aliphatic carbocycles. The van der Waals surface area contributed by atoms with Crippen molar-refractivity contribution in [2.45, 2.75) is 64.3 Å². The highest BCUT2D eigenvalue weighted by Crippen LogP contribution is 2.39. The molecular weight excluding hydrogens is 490 g/mol. The molecular formula is C28H30ClN5O3. The van der Waals surface area contributed by atoms with E-state index in [1.54, 1.807) is 22.5 Å². The van der Waals surface area contributed by atoms with Crippen molar-refractivity contribution in [2.75, 3.05) is 0 Å². The van der Waals surface area contributed by atoms with Gasteiger partial charge in [-0.3, -0.25) is 14.4 Å². The van der Waals surface area contributed by atoms with E-state index in [0.29, 0.717) is 11.6 Å². The summed E-state index contributed by atoms with van der Waals surface area (Å²) in [4.78, 5) is 46.2. The van der Waals surface area contributed by atoms with Gasteiger partial charge in [0, 0.05) is 24.2 Å². The topological polar surface area (TPSA) is 96.3 Å². The van der Waals surface area contributed by atoms with Gasteiger partial charge in [-0.25, -0.2) is 4.98 Å². The first-order valence-electron chi connectivity index (χ1n) is 12.6. The zero-order chi connectivity index (χ0) is 26.2. The molecule has 9 heteroatoms. The molecule has 37 heavy (non-hydrogen) atoms. The molecule has 2 N–H and O–H groups in total. The summed E-state index contributed by atoms with van der Waals surface area (Å²) in [5.41, 5.74) is 2.17. The number of aryl methyl sites for hydroxylation is 1. The fraction of sp³-hybridized carbons (Fsp3) is 0.357. The maximum Gasteiger partial charge on any atom is 0.274 e. The number of nitrogens with one attached hydrogen (secondary N) is 2. The van der Waals surface area contributed by atoms with Gasteiger partial charge in [0.15, 0.2) is 5.69 Å². The Kier molecular flexibility index (Phi) is 6.77. The molecule has 1 fully saturated rings. The molecule has 2 aromatic carbocycles. The van der Waals surface area contributed by atoms with Gasteiger partial charge in [-0.2, -0.15) is 0 Å². The van der Waals surface area contributed by atoms with Crippen molar-refractivity contribution >= 4 is 29.3 Å². The van der Waals surface area contributed by atoms with Crippen LogP contribution in [-0.2, 0) is 30.8 Å². The van der Waals surface area contributed by atoms with E-state index >= 15 is 0 Å². The molecule has 1 aromatic heterocycles. The molecule has 2 aliphatic rings. The summed E-state index contributed by atoms with van der Waals surface area (Å²) in [5.74, 6) is -1.03. The number of aromatic nitrogens is 2. The second kappa shape index (κ2) is 10.0. The number of benzene rings is 2. The van der Waals surface area contributed by atoms with Crippen molar-refractivity contribution < 1.29 is 14.4 Å². The molecule has 3 aromatic rings. The molecule has 5 rings (SSSR count). The van der Waals surface area contributed by atoms with Gasteiger partial charge in [0.2, 0.25) is 5.91 Å².